The third-order valence-electron chi connectivity index (χ3n) is 3.68. The Morgan fingerprint density at radius 1 is 0.565 bits per heavy atom. The van der Waals surface area contributed by atoms with Crippen molar-refractivity contribution in [3.8, 4) is 0 Å². The molecule has 4 aromatic carbocycles. The summed E-state index contributed by atoms with van der Waals surface area (Å²) in [5.41, 5.74) is 0.359. The summed E-state index contributed by atoms with van der Waals surface area (Å²) in [6, 6.07) is 29.5. The van der Waals surface area contributed by atoms with E-state index in [4.69, 9.17) is 5.11 Å². The van der Waals surface area contributed by atoms with Crippen LogP contribution in [0.15, 0.2) is 91.0 Å². The molecule has 1 N–H and O–H groups in total. The Bertz CT molecular complexity index is 887. The normalized spacial score (nSPS) is 10.1. The molecule has 0 fully saturated rings. The van der Waals surface area contributed by atoms with Crippen LogP contribution in [0, 0.1) is 0 Å². The van der Waals surface area contributed by atoms with Crippen molar-refractivity contribution < 1.29 is 9.90 Å². The average molecular weight is 300 g/mol. The molecule has 0 radical (unpaired) electrons. The lowest BCUT2D eigenvalue weighted by atomic mass is 10.1. The van der Waals surface area contributed by atoms with Gasteiger partial charge in [-0.1, -0.05) is 84.9 Å². The van der Waals surface area contributed by atoms with E-state index < -0.39 is 5.97 Å². The number of carboxylic acids is 1. The summed E-state index contributed by atoms with van der Waals surface area (Å²) >= 11 is 0. The van der Waals surface area contributed by atoms with Crippen LogP contribution in [-0.2, 0) is 0 Å². The zero-order valence-corrected chi connectivity index (χ0v) is 12.5. The van der Waals surface area contributed by atoms with Gasteiger partial charge in [-0.2, -0.15) is 0 Å². The van der Waals surface area contributed by atoms with Crippen molar-refractivity contribution >= 4 is 27.5 Å². The van der Waals surface area contributed by atoms with Gasteiger partial charge in [0.2, 0.25) is 0 Å². The highest BCUT2D eigenvalue weighted by Crippen LogP contribution is 2.18. The van der Waals surface area contributed by atoms with E-state index in [2.05, 4.69) is 48.5 Å². The summed E-state index contributed by atoms with van der Waals surface area (Å²) in [5, 5.41) is 13.3. The van der Waals surface area contributed by atoms with Crippen molar-refractivity contribution in [3.05, 3.63) is 96.6 Å². The fourth-order valence-electron chi connectivity index (χ4n) is 2.54. The molecule has 0 saturated carbocycles. The molecule has 23 heavy (non-hydrogen) atoms. The second kappa shape index (κ2) is 6.75. The second-order valence-electron chi connectivity index (χ2n) is 5.18. The molecule has 0 bridgehead atoms. The smallest absolute Gasteiger partial charge is 0.336 e. The van der Waals surface area contributed by atoms with Crippen LogP contribution in [0.3, 0.4) is 0 Å². The number of rotatable bonds is 1. The Hall–Kier alpha value is -3.13. The number of fused-ring (bicyclic) bond motifs is 2. The molecule has 2 nitrogen and oxygen atoms in total. The Labute approximate surface area is 134 Å². The van der Waals surface area contributed by atoms with E-state index in [1.54, 1.807) is 12.1 Å². The van der Waals surface area contributed by atoms with Gasteiger partial charge >= 0.3 is 5.97 Å². The predicted molar refractivity (Wildman–Crippen MR) is 94.9 cm³/mol. The highest BCUT2D eigenvalue weighted by molar-refractivity contribution is 6.03. The summed E-state index contributed by atoms with van der Waals surface area (Å²) in [6.45, 7) is 0. The summed E-state index contributed by atoms with van der Waals surface area (Å²) in [6.07, 6.45) is 0. The Balaban J connectivity index is 0.000000140. The van der Waals surface area contributed by atoms with Gasteiger partial charge in [0, 0.05) is 0 Å². The van der Waals surface area contributed by atoms with Crippen LogP contribution >= 0.6 is 0 Å². The molecule has 2 heteroatoms. The Morgan fingerprint density at radius 3 is 1.52 bits per heavy atom. The van der Waals surface area contributed by atoms with Crippen LogP contribution in [0.2, 0.25) is 0 Å². The zero-order valence-electron chi connectivity index (χ0n) is 12.5. The molecular weight excluding hydrogens is 284 g/mol. The molecule has 0 aliphatic carbocycles. The molecule has 0 aliphatic heterocycles. The average Bonchev–Trinajstić information content (AvgIpc) is 2.62. The summed E-state index contributed by atoms with van der Waals surface area (Å²) in [5.74, 6) is -0.878. The zero-order chi connectivity index (χ0) is 16.1. The van der Waals surface area contributed by atoms with Crippen LogP contribution in [0.25, 0.3) is 21.5 Å². The molecule has 4 aromatic rings. The molecule has 0 aromatic heterocycles. The van der Waals surface area contributed by atoms with Gasteiger partial charge in [-0.15, -0.1) is 0 Å². The van der Waals surface area contributed by atoms with E-state index in [0.29, 0.717) is 5.56 Å². The fraction of sp³-hybridized carbons (Fsp3) is 0. The van der Waals surface area contributed by atoms with Crippen LogP contribution in [0.5, 0.6) is 0 Å². The summed E-state index contributed by atoms with van der Waals surface area (Å²) in [4.78, 5) is 10.8. The predicted octanol–water partition coefficient (Wildman–Crippen LogP) is 5.38. The lowest BCUT2D eigenvalue weighted by molar-refractivity contribution is 0.0699. The first-order valence-corrected chi connectivity index (χ1v) is 7.40. The largest absolute Gasteiger partial charge is 0.478 e. The van der Waals surface area contributed by atoms with Crippen LogP contribution in [0.1, 0.15) is 10.4 Å². The molecule has 0 unspecified atom stereocenters. The van der Waals surface area contributed by atoms with Crippen molar-refractivity contribution in [3.63, 3.8) is 0 Å². The van der Waals surface area contributed by atoms with Crippen molar-refractivity contribution in [2.24, 2.45) is 0 Å². The minimum atomic E-state index is -0.878. The number of hydrogen-bond donors (Lipinski definition) is 1. The molecule has 0 saturated heterocycles. The second-order valence-corrected chi connectivity index (χ2v) is 5.18. The van der Waals surface area contributed by atoms with Crippen LogP contribution in [-0.4, -0.2) is 11.1 Å². The van der Waals surface area contributed by atoms with E-state index in [-0.39, 0.29) is 0 Å². The molecule has 0 heterocycles. The molecular formula is C21H16O2. The number of benzene rings is 4. The van der Waals surface area contributed by atoms with E-state index in [9.17, 15) is 4.79 Å². The van der Waals surface area contributed by atoms with Gasteiger partial charge in [0.05, 0.1) is 5.56 Å². The van der Waals surface area contributed by atoms with E-state index in [1.165, 1.54) is 10.8 Å². The monoisotopic (exact) mass is 300 g/mol. The van der Waals surface area contributed by atoms with Crippen molar-refractivity contribution in [1.29, 1.82) is 0 Å². The SMILES string of the molecule is O=C(O)c1cccc2ccccc12.c1ccc2ccccc2c1. The highest BCUT2D eigenvalue weighted by atomic mass is 16.4. The number of aromatic carboxylic acids is 1. The molecule has 0 amide bonds. The molecule has 0 atom stereocenters. The van der Waals surface area contributed by atoms with Gasteiger partial charge in [-0.25, -0.2) is 4.79 Å². The maximum Gasteiger partial charge on any atom is 0.336 e. The maximum absolute atomic E-state index is 10.8. The maximum atomic E-state index is 10.8. The first-order chi connectivity index (χ1) is 11.3. The highest BCUT2D eigenvalue weighted by Gasteiger charge is 2.05. The standard InChI is InChI=1S/C11H8O2.C10H8/c12-11(13)10-7-3-5-8-4-1-2-6-9(8)10;1-2-6-10-8-4-3-7-9(10)5-1/h1-7H,(H,12,13);1-8H. The van der Waals surface area contributed by atoms with Crippen molar-refractivity contribution in [2.75, 3.05) is 0 Å². The molecule has 112 valence electrons. The number of hydrogen-bond acceptors (Lipinski definition) is 1. The van der Waals surface area contributed by atoms with Crippen LogP contribution in [0.4, 0.5) is 0 Å². The van der Waals surface area contributed by atoms with Crippen LogP contribution < -0.4 is 0 Å². The molecule has 4 rings (SSSR count). The Morgan fingerprint density at radius 2 is 1.00 bits per heavy atom. The topological polar surface area (TPSA) is 37.3 Å². The van der Waals surface area contributed by atoms with Gasteiger partial charge in [0.25, 0.3) is 0 Å². The van der Waals surface area contributed by atoms with E-state index in [1.807, 2.05) is 30.3 Å². The van der Waals surface area contributed by atoms with Gasteiger partial charge < -0.3 is 5.11 Å². The van der Waals surface area contributed by atoms with Gasteiger partial charge in [-0.3, -0.25) is 0 Å². The molecule has 0 spiro atoms. The first-order valence-electron chi connectivity index (χ1n) is 7.40. The number of carboxylic acid groups (broad SMARTS) is 1. The minimum Gasteiger partial charge on any atom is -0.478 e. The summed E-state index contributed by atoms with van der Waals surface area (Å²) in [7, 11) is 0. The minimum absolute atomic E-state index is 0.359. The third kappa shape index (κ3) is 3.38. The quantitative estimate of drug-likeness (QED) is 0.512. The lowest BCUT2D eigenvalue weighted by Gasteiger charge is -2.00. The van der Waals surface area contributed by atoms with E-state index in [0.717, 1.165) is 10.8 Å². The number of carbonyl (C=O) groups is 1. The Kier molecular flexibility index (Phi) is 4.34. The first kappa shape index (κ1) is 14.8. The van der Waals surface area contributed by atoms with Gasteiger partial charge in [0.1, 0.15) is 0 Å². The molecule has 0 aliphatic rings. The fourth-order valence-corrected chi connectivity index (χ4v) is 2.54. The van der Waals surface area contributed by atoms with E-state index >= 15 is 0 Å². The van der Waals surface area contributed by atoms with Gasteiger partial charge in [0.15, 0.2) is 0 Å². The summed E-state index contributed by atoms with van der Waals surface area (Å²) < 4.78 is 0. The van der Waals surface area contributed by atoms with Crippen molar-refractivity contribution in [2.45, 2.75) is 0 Å². The lowest BCUT2D eigenvalue weighted by Crippen LogP contribution is -1.96. The van der Waals surface area contributed by atoms with Gasteiger partial charge in [-0.05, 0) is 27.6 Å². The third-order valence-corrected chi connectivity index (χ3v) is 3.68. The van der Waals surface area contributed by atoms with Crippen molar-refractivity contribution in [1.82, 2.24) is 0 Å².